The average molecular weight is 249 g/mol. The van der Waals surface area contributed by atoms with E-state index in [1.807, 2.05) is 13.0 Å². The summed E-state index contributed by atoms with van der Waals surface area (Å²) in [5, 5.41) is 7.86. The number of para-hydroxylation sites is 1. The minimum atomic E-state index is 0.523. The van der Waals surface area contributed by atoms with Crippen LogP contribution < -0.4 is 10.7 Å². The standard InChI is InChI=1S/C13H19N3S/c1-5-11(4)15-16-13(17)14-12-9(2)7-6-8-10(12)3/h6-8H,5H2,1-4H3,(H2,14,16,17)/b15-11-. The van der Waals surface area contributed by atoms with Gasteiger partial charge in [-0.15, -0.1) is 0 Å². The van der Waals surface area contributed by atoms with E-state index in [4.69, 9.17) is 12.2 Å². The summed E-state index contributed by atoms with van der Waals surface area (Å²) in [5.74, 6) is 0. The van der Waals surface area contributed by atoms with Crippen molar-refractivity contribution < 1.29 is 0 Å². The van der Waals surface area contributed by atoms with Gasteiger partial charge in [-0.1, -0.05) is 25.1 Å². The van der Waals surface area contributed by atoms with Crippen LogP contribution in [-0.2, 0) is 0 Å². The molecule has 0 saturated carbocycles. The molecule has 3 nitrogen and oxygen atoms in total. The highest BCUT2D eigenvalue weighted by Crippen LogP contribution is 2.18. The third-order valence-electron chi connectivity index (χ3n) is 2.58. The lowest BCUT2D eigenvalue weighted by Gasteiger charge is -2.12. The van der Waals surface area contributed by atoms with Gasteiger partial charge in [-0.3, -0.25) is 5.43 Å². The second kappa shape index (κ2) is 6.35. The molecule has 0 radical (unpaired) electrons. The highest BCUT2D eigenvalue weighted by atomic mass is 32.1. The van der Waals surface area contributed by atoms with Crippen LogP contribution in [0.15, 0.2) is 23.3 Å². The van der Waals surface area contributed by atoms with Gasteiger partial charge in [-0.25, -0.2) is 0 Å². The topological polar surface area (TPSA) is 36.4 Å². The largest absolute Gasteiger partial charge is 0.331 e. The van der Waals surface area contributed by atoms with Gasteiger partial charge in [-0.05, 0) is 50.5 Å². The average Bonchev–Trinajstić information content (AvgIpc) is 2.31. The number of benzene rings is 1. The van der Waals surface area contributed by atoms with Gasteiger partial charge in [-0.2, -0.15) is 5.10 Å². The number of aryl methyl sites for hydroxylation is 2. The normalized spacial score (nSPS) is 11.2. The Kier molecular flexibility index (Phi) is 5.10. The first-order valence-corrected chi connectivity index (χ1v) is 6.11. The lowest BCUT2D eigenvalue weighted by molar-refractivity contribution is 1.02. The fourth-order valence-electron chi connectivity index (χ4n) is 1.38. The maximum atomic E-state index is 5.19. The second-order valence-electron chi connectivity index (χ2n) is 4.03. The van der Waals surface area contributed by atoms with Crippen LogP contribution in [0, 0.1) is 13.8 Å². The van der Waals surface area contributed by atoms with Crippen molar-refractivity contribution >= 4 is 28.7 Å². The zero-order valence-electron chi connectivity index (χ0n) is 10.8. The Morgan fingerprint density at radius 1 is 1.29 bits per heavy atom. The maximum Gasteiger partial charge on any atom is 0.191 e. The van der Waals surface area contributed by atoms with Crippen LogP contribution in [0.25, 0.3) is 0 Å². The van der Waals surface area contributed by atoms with Gasteiger partial charge in [0.15, 0.2) is 5.11 Å². The Labute approximate surface area is 108 Å². The van der Waals surface area contributed by atoms with E-state index in [0.29, 0.717) is 5.11 Å². The lowest BCUT2D eigenvalue weighted by atomic mass is 10.1. The summed E-state index contributed by atoms with van der Waals surface area (Å²) in [6, 6.07) is 6.14. The van der Waals surface area contributed by atoms with Gasteiger partial charge in [0.25, 0.3) is 0 Å². The third kappa shape index (κ3) is 4.15. The molecule has 0 aromatic heterocycles. The second-order valence-corrected chi connectivity index (χ2v) is 4.44. The van der Waals surface area contributed by atoms with Gasteiger partial charge >= 0.3 is 0 Å². The first-order chi connectivity index (χ1) is 8.04. The molecule has 0 amide bonds. The van der Waals surface area contributed by atoms with E-state index in [2.05, 4.69) is 48.7 Å². The number of anilines is 1. The van der Waals surface area contributed by atoms with Crippen molar-refractivity contribution in [2.75, 3.05) is 5.32 Å². The summed E-state index contributed by atoms with van der Waals surface area (Å²) in [6.07, 6.45) is 0.916. The Balaban J connectivity index is 2.69. The van der Waals surface area contributed by atoms with Crippen molar-refractivity contribution in [3.05, 3.63) is 29.3 Å². The lowest BCUT2D eigenvalue weighted by Crippen LogP contribution is -2.25. The van der Waals surface area contributed by atoms with Crippen molar-refractivity contribution in [2.45, 2.75) is 34.1 Å². The van der Waals surface area contributed by atoms with Crippen molar-refractivity contribution in [2.24, 2.45) is 5.10 Å². The molecule has 0 aliphatic carbocycles. The molecular formula is C13H19N3S. The van der Waals surface area contributed by atoms with Crippen LogP contribution in [0.5, 0.6) is 0 Å². The Bertz CT molecular complexity index is 418. The van der Waals surface area contributed by atoms with E-state index in [-0.39, 0.29) is 0 Å². The number of nitrogens with one attached hydrogen (secondary N) is 2. The van der Waals surface area contributed by atoms with E-state index in [0.717, 1.165) is 17.8 Å². The van der Waals surface area contributed by atoms with Crippen LogP contribution in [0.4, 0.5) is 5.69 Å². The van der Waals surface area contributed by atoms with Gasteiger partial charge in [0.1, 0.15) is 0 Å². The molecule has 0 spiro atoms. The zero-order chi connectivity index (χ0) is 12.8. The molecule has 0 fully saturated rings. The van der Waals surface area contributed by atoms with Crippen LogP contribution >= 0.6 is 12.2 Å². The molecule has 4 heteroatoms. The number of thiocarbonyl (C=S) groups is 1. The van der Waals surface area contributed by atoms with Crippen LogP contribution in [0.1, 0.15) is 31.4 Å². The summed E-state index contributed by atoms with van der Waals surface area (Å²) in [6.45, 7) is 8.13. The fourth-order valence-corrected chi connectivity index (χ4v) is 1.53. The molecule has 0 bridgehead atoms. The molecule has 2 N–H and O–H groups in total. The molecule has 0 aliphatic heterocycles. The van der Waals surface area contributed by atoms with Crippen molar-refractivity contribution in [3.8, 4) is 0 Å². The molecule has 1 aromatic rings. The van der Waals surface area contributed by atoms with Crippen molar-refractivity contribution in [3.63, 3.8) is 0 Å². The summed E-state index contributed by atoms with van der Waals surface area (Å²) >= 11 is 5.19. The molecule has 1 aromatic carbocycles. The Hall–Kier alpha value is -1.42. The highest BCUT2D eigenvalue weighted by Gasteiger charge is 2.03. The molecule has 0 atom stereocenters. The number of hydrogen-bond acceptors (Lipinski definition) is 2. The summed E-state index contributed by atoms with van der Waals surface area (Å²) in [7, 11) is 0. The zero-order valence-corrected chi connectivity index (χ0v) is 11.6. The monoisotopic (exact) mass is 249 g/mol. The SMILES string of the molecule is CC/C(C)=N\NC(=S)Nc1c(C)cccc1C. The van der Waals surface area contributed by atoms with Gasteiger partial charge in [0.2, 0.25) is 0 Å². The smallest absolute Gasteiger partial charge is 0.191 e. The van der Waals surface area contributed by atoms with Crippen molar-refractivity contribution in [1.29, 1.82) is 0 Å². The van der Waals surface area contributed by atoms with E-state index < -0.39 is 0 Å². The predicted octanol–water partition coefficient (Wildman–Crippen LogP) is 3.38. The summed E-state index contributed by atoms with van der Waals surface area (Å²) < 4.78 is 0. The van der Waals surface area contributed by atoms with Crippen LogP contribution in [-0.4, -0.2) is 10.8 Å². The number of hydrazone groups is 1. The molecule has 0 heterocycles. The predicted molar refractivity (Wildman–Crippen MR) is 78.7 cm³/mol. The van der Waals surface area contributed by atoms with Gasteiger partial charge in [0.05, 0.1) is 0 Å². The van der Waals surface area contributed by atoms with E-state index >= 15 is 0 Å². The van der Waals surface area contributed by atoms with Crippen LogP contribution in [0.3, 0.4) is 0 Å². The van der Waals surface area contributed by atoms with E-state index in [1.54, 1.807) is 0 Å². The first kappa shape index (κ1) is 13.6. The van der Waals surface area contributed by atoms with Crippen LogP contribution in [0.2, 0.25) is 0 Å². The van der Waals surface area contributed by atoms with E-state index in [9.17, 15) is 0 Å². The minimum Gasteiger partial charge on any atom is -0.331 e. The molecule has 0 saturated heterocycles. The molecule has 17 heavy (non-hydrogen) atoms. The Morgan fingerprint density at radius 3 is 2.41 bits per heavy atom. The summed E-state index contributed by atoms with van der Waals surface area (Å²) in [5.41, 5.74) is 7.26. The van der Waals surface area contributed by atoms with Crippen molar-refractivity contribution in [1.82, 2.24) is 5.43 Å². The third-order valence-corrected chi connectivity index (χ3v) is 2.77. The molecule has 1 rings (SSSR count). The number of nitrogens with zero attached hydrogens (tertiary/aromatic N) is 1. The maximum absolute atomic E-state index is 5.19. The first-order valence-electron chi connectivity index (χ1n) is 5.71. The quantitative estimate of drug-likeness (QED) is 0.490. The molecule has 0 aliphatic rings. The fraction of sp³-hybridized carbons (Fsp3) is 0.385. The number of hydrogen-bond donors (Lipinski definition) is 2. The number of rotatable bonds is 3. The molecule has 92 valence electrons. The van der Waals surface area contributed by atoms with E-state index in [1.165, 1.54) is 11.1 Å². The molecular weight excluding hydrogens is 230 g/mol. The minimum absolute atomic E-state index is 0.523. The highest BCUT2D eigenvalue weighted by molar-refractivity contribution is 7.80. The Morgan fingerprint density at radius 2 is 1.88 bits per heavy atom. The molecule has 0 unspecified atom stereocenters. The van der Waals surface area contributed by atoms with Gasteiger partial charge in [0, 0.05) is 11.4 Å². The summed E-state index contributed by atoms with van der Waals surface area (Å²) in [4.78, 5) is 0. The van der Waals surface area contributed by atoms with Gasteiger partial charge < -0.3 is 5.32 Å².